The highest BCUT2D eigenvalue weighted by atomic mass is 16.5. The van der Waals surface area contributed by atoms with Crippen molar-refractivity contribution in [2.24, 2.45) is 0 Å². The Bertz CT molecular complexity index is 493. The van der Waals surface area contributed by atoms with Gasteiger partial charge in [-0.1, -0.05) is 0 Å². The van der Waals surface area contributed by atoms with Crippen LogP contribution in [0.2, 0.25) is 0 Å². The van der Waals surface area contributed by atoms with Gasteiger partial charge < -0.3 is 20.3 Å². The van der Waals surface area contributed by atoms with Crippen LogP contribution in [0.15, 0.2) is 18.3 Å². The van der Waals surface area contributed by atoms with E-state index in [9.17, 15) is 4.79 Å². The number of anilines is 2. The molecule has 1 amide bonds. The molecule has 114 valence electrons. The van der Waals surface area contributed by atoms with Crippen LogP contribution in [-0.4, -0.2) is 49.3 Å². The maximum absolute atomic E-state index is 11.8. The van der Waals surface area contributed by atoms with Gasteiger partial charge in [-0.25, -0.2) is 4.98 Å². The number of carbonyl (C=O) groups excluding carboxylic acids is 1. The summed E-state index contributed by atoms with van der Waals surface area (Å²) in [6, 6.07) is 3.85. The fourth-order valence-corrected chi connectivity index (χ4v) is 2.61. The van der Waals surface area contributed by atoms with Crippen LogP contribution in [0.25, 0.3) is 0 Å². The largest absolute Gasteiger partial charge is 0.363 e. The Hall–Kier alpha value is -1.66. The summed E-state index contributed by atoms with van der Waals surface area (Å²) in [5, 5.41) is 5.95. The van der Waals surface area contributed by atoms with Crippen LogP contribution >= 0.6 is 0 Å². The van der Waals surface area contributed by atoms with Gasteiger partial charge in [-0.3, -0.25) is 4.79 Å². The van der Waals surface area contributed by atoms with Gasteiger partial charge in [0, 0.05) is 26.2 Å². The quantitative estimate of drug-likeness (QED) is 0.847. The lowest BCUT2D eigenvalue weighted by Gasteiger charge is -2.38. The van der Waals surface area contributed by atoms with Gasteiger partial charge in [0.25, 0.3) is 0 Å². The second kappa shape index (κ2) is 5.99. The van der Waals surface area contributed by atoms with Gasteiger partial charge in [-0.05, 0) is 31.9 Å². The molecule has 0 bridgehead atoms. The predicted octanol–water partition coefficient (Wildman–Crippen LogP) is 0.999. The fourth-order valence-electron chi connectivity index (χ4n) is 2.61. The van der Waals surface area contributed by atoms with Crippen molar-refractivity contribution in [3.63, 3.8) is 0 Å². The van der Waals surface area contributed by atoms with Crippen molar-refractivity contribution in [2.45, 2.75) is 25.4 Å². The molecule has 6 nitrogen and oxygen atoms in total. The highest BCUT2D eigenvalue weighted by Gasteiger charge is 2.33. The van der Waals surface area contributed by atoms with E-state index in [4.69, 9.17) is 4.74 Å². The number of hydrogen-bond donors (Lipinski definition) is 2. The van der Waals surface area contributed by atoms with Gasteiger partial charge in [-0.15, -0.1) is 0 Å². The molecule has 2 fully saturated rings. The van der Waals surface area contributed by atoms with E-state index in [1.807, 2.05) is 19.1 Å². The van der Waals surface area contributed by atoms with E-state index >= 15 is 0 Å². The van der Waals surface area contributed by atoms with Crippen molar-refractivity contribution in [3.05, 3.63) is 18.3 Å². The zero-order chi connectivity index (χ0) is 14.7. The van der Waals surface area contributed by atoms with Crippen molar-refractivity contribution in [2.75, 3.05) is 43.0 Å². The van der Waals surface area contributed by atoms with E-state index in [0.29, 0.717) is 5.69 Å². The molecule has 1 aromatic heterocycles. The molecular weight excluding hydrogens is 268 g/mol. The third-order valence-corrected chi connectivity index (χ3v) is 4.01. The van der Waals surface area contributed by atoms with E-state index in [2.05, 4.69) is 20.5 Å². The fraction of sp³-hybridized carbons (Fsp3) is 0.600. The van der Waals surface area contributed by atoms with E-state index in [1.165, 1.54) is 12.8 Å². The number of aromatic nitrogens is 1. The van der Waals surface area contributed by atoms with Crippen LogP contribution in [-0.2, 0) is 9.53 Å². The third kappa shape index (κ3) is 3.51. The lowest BCUT2D eigenvalue weighted by Crippen LogP contribution is -2.59. The summed E-state index contributed by atoms with van der Waals surface area (Å²) < 4.78 is 5.60. The van der Waals surface area contributed by atoms with E-state index in [0.717, 1.165) is 32.0 Å². The average Bonchev–Trinajstić information content (AvgIpc) is 2.98. The van der Waals surface area contributed by atoms with Gasteiger partial charge in [-0.2, -0.15) is 0 Å². The topological polar surface area (TPSA) is 66.5 Å². The second-order valence-electron chi connectivity index (χ2n) is 5.99. The summed E-state index contributed by atoms with van der Waals surface area (Å²) >= 11 is 0. The summed E-state index contributed by atoms with van der Waals surface area (Å²) in [6.45, 7) is 5.81. The van der Waals surface area contributed by atoms with Crippen LogP contribution in [0.4, 0.5) is 11.5 Å². The lowest BCUT2D eigenvalue weighted by molar-refractivity contribution is -0.130. The smallest absolute Gasteiger partial charge is 0.250 e. The summed E-state index contributed by atoms with van der Waals surface area (Å²) in [7, 11) is 0. The first-order chi connectivity index (χ1) is 10.1. The molecule has 2 aliphatic heterocycles. The number of nitrogens with one attached hydrogen (secondary N) is 2. The summed E-state index contributed by atoms with van der Waals surface area (Å²) in [5.41, 5.74) is 0.512. The number of nitrogens with zero attached hydrogens (tertiary/aromatic N) is 2. The first-order valence-electron chi connectivity index (χ1n) is 7.50. The molecule has 3 heterocycles. The molecule has 1 aromatic rings. The number of hydrogen-bond acceptors (Lipinski definition) is 5. The van der Waals surface area contributed by atoms with E-state index in [1.54, 1.807) is 6.20 Å². The van der Waals surface area contributed by atoms with Crippen LogP contribution in [0, 0.1) is 0 Å². The van der Waals surface area contributed by atoms with Gasteiger partial charge >= 0.3 is 0 Å². The molecule has 3 rings (SSSR count). The van der Waals surface area contributed by atoms with Gasteiger partial charge in [0.1, 0.15) is 12.4 Å². The Morgan fingerprint density at radius 1 is 1.43 bits per heavy atom. The molecule has 2 aliphatic rings. The van der Waals surface area contributed by atoms with Gasteiger partial charge in [0.05, 0.1) is 17.5 Å². The normalized spacial score (nSPS) is 20.1. The van der Waals surface area contributed by atoms with Crippen molar-refractivity contribution in [1.82, 2.24) is 10.3 Å². The van der Waals surface area contributed by atoms with Gasteiger partial charge in [0.2, 0.25) is 5.91 Å². The highest BCUT2D eigenvalue weighted by Crippen LogP contribution is 2.19. The summed E-state index contributed by atoms with van der Waals surface area (Å²) in [5.74, 6) is 0.841. The van der Waals surface area contributed by atoms with E-state index in [-0.39, 0.29) is 18.1 Å². The van der Waals surface area contributed by atoms with Crippen LogP contribution in [0.5, 0.6) is 0 Å². The number of pyridine rings is 1. The summed E-state index contributed by atoms with van der Waals surface area (Å²) in [6.07, 6.45) is 4.16. The molecule has 0 unspecified atom stereocenters. The van der Waals surface area contributed by atoms with Crippen LogP contribution in [0.3, 0.4) is 0 Å². The Kier molecular flexibility index (Phi) is 4.07. The number of rotatable bonds is 5. The lowest BCUT2D eigenvalue weighted by atomic mass is 10.0. The molecule has 0 aliphatic carbocycles. The van der Waals surface area contributed by atoms with Crippen molar-refractivity contribution >= 4 is 17.4 Å². The van der Waals surface area contributed by atoms with Crippen molar-refractivity contribution in [3.8, 4) is 0 Å². The Labute approximate surface area is 124 Å². The zero-order valence-corrected chi connectivity index (χ0v) is 12.4. The molecule has 2 saturated heterocycles. The van der Waals surface area contributed by atoms with E-state index < -0.39 is 0 Å². The summed E-state index contributed by atoms with van der Waals surface area (Å²) in [4.78, 5) is 18.5. The molecular formula is C15H22N4O2. The Balaban J connectivity index is 1.48. The first-order valence-corrected chi connectivity index (χ1v) is 7.50. The second-order valence-corrected chi connectivity index (χ2v) is 5.99. The number of carbonyl (C=O) groups is 1. The number of ether oxygens (including phenoxy) is 1. The predicted molar refractivity (Wildman–Crippen MR) is 81.5 cm³/mol. The zero-order valence-electron chi connectivity index (χ0n) is 12.4. The van der Waals surface area contributed by atoms with Crippen LogP contribution < -0.4 is 15.5 Å². The SMILES string of the molecule is CC1(OCC(=O)Nc2ccc(N3CCCC3)nc2)CNC1. The highest BCUT2D eigenvalue weighted by molar-refractivity contribution is 5.91. The Morgan fingerprint density at radius 2 is 2.19 bits per heavy atom. The molecule has 0 saturated carbocycles. The molecule has 0 spiro atoms. The van der Waals surface area contributed by atoms with Crippen molar-refractivity contribution in [1.29, 1.82) is 0 Å². The standard InChI is InChI=1S/C15H22N4O2/c1-15(10-16-11-15)21-9-14(20)18-12-4-5-13(17-8-12)19-6-2-3-7-19/h4-5,8,16H,2-3,6-7,9-11H2,1H3,(H,18,20). The Morgan fingerprint density at radius 3 is 2.76 bits per heavy atom. The minimum atomic E-state index is -0.199. The minimum absolute atomic E-state index is 0.0755. The minimum Gasteiger partial charge on any atom is -0.363 e. The van der Waals surface area contributed by atoms with Gasteiger partial charge in [0.15, 0.2) is 0 Å². The average molecular weight is 290 g/mol. The van der Waals surface area contributed by atoms with Crippen LogP contribution in [0.1, 0.15) is 19.8 Å². The molecule has 0 aromatic carbocycles. The first kappa shape index (κ1) is 14.3. The molecule has 6 heteroatoms. The monoisotopic (exact) mass is 290 g/mol. The number of amides is 1. The maximum Gasteiger partial charge on any atom is 0.250 e. The molecule has 0 radical (unpaired) electrons. The molecule has 21 heavy (non-hydrogen) atoms. The molecule has 0 atom stereocenters. The van der Waals surface area contributed by atoms with Crippen molar-refractivity contribution < 1.29 is 9.53 Å². The molecule has 2 N–H and O–H groups in total. The maximum atomic E-state index is 11.8. The third-order valence-electron chi connectivity index (χ3n) is 4.01.